The molecular formula is C19H22FNO2. The van der Waals surface area contributed by atoms with E-state index in [1.165, 1.54) is 24.3 Å². The van der Waals surface area contributed by atoms with Crippen molar-refractivity contribution in [2.75, 3.05) is 0 Å². The Hall–Kier alpha value is -2.36. The molecule has 0 aliphatic rings. The number of hydrogen-bond donors (Lipinski definition) is 1. The van der Waals surface area contributed by atoms with Crippen molar-refractivity contribution in [3.8, 4) is 5.75 Å². The van der Waals surface area contributed by atoms with Crippen molar-refractivity contribution in [2.24, 2.45) is 0 Å². The highest BCUT2D eigenvalue weighted by Crippen LogP contribution is 2.15. The van der Waals surface area contributed by atoms with Crippen LogP contribution in [-0.2, 0) is 11.2 Å². The van der Waals surface area contributed by atoms with Crippen molar-refractivity contribution in [1.29, 1.82) is 0 Å². The number of amides is 1. The number of halogens is 1. The SMILES string of the molecule is C[C@H](Oc1ccc(F)cc1)C(=O)NC(C)(C)Cc1ccccc1. The summed E-state index contributed by atoms with van der Waals surface area (Å²) in [5.74, 6) is -0.0661. The topological polar surface area (TPSA) is 38.3 Å². The maximum absolute atomic E-state index is 12.9. The molecule has 0 spiro atoms. The van der Waals surface area contributed by atoms with Gasteiger partial charge in [0.25, 0.3) is 5.91 Å². The first-order chi connectivity index (χ1) is 10.9. The fourth-order valence-electron chi connectivity index (χ4n) is 2.36. The van der Waals surface area contributed by atoms with Gasteiger partial charge in [0.05, 0.1) is 0 Å². The van der Waals surface area contributed by atoms with Crippen LogP contribution in [0.2, 0.25) is 0 Å². The largest absolute Gasteiger partial charge is 0.481 e. The monoisotopic (exact) mass is 315 g/mol. The summed E-state index contributed by atoms with van der Waals surface area (Å²) in [7, 11) is 0. The second kappa shape index (κ2) is 7.27. The van der Waals surface area contributed by atoms with E-state index in [0.717, 1.165) is 12.0 Å². The molecule has 2 rings (SSSR count). The van der Waals surface area contributed by atoms with Crippen molar-refractivity contribution in [1.82, 2.24) is 5.32 Å². The van der Waals surface area contributed by atoms with E-state index in [1.54, 1.807) is 6.92 Å². The summed E-state index contributed by atoms with van der Waals surface area (Å²) in [4.78, 5) is 12.3. The van der Waals surface area contributed by atoms with Gasteiger partial charge in [-0.1, -0.05) is 30.3 Å². The fraction of sp³-hybridized carbons (Fsp3) is 0.316. The molecule has 1 amide bonds. The van der Waals surface area contributed by atoms with Gasteiger partial charge in [-0.2, -0.15) is 0 Å². The van der Waals surface area contributed by atoms with Gasteiger partial charge in [-0.3, -0.25) is 4.79 Å². The van der Waals surface area contributed by atoms with Gasteiger partial charge in [-0.25, -0.2) is 4.39 Å². The lowest BCUT2D eigenvalue weighted by Gasteiger charge is -2.28. The van der Waals surface area contributed by atoms with Gasteiger partial charge in [0.15, 0.2) is 6.10 Å². The molecule has 0 saturated carbocycles. The summed E-state index contributed by atoms with van der Waals surface area (Å²) in [6.45, 7) is 5.63. The quantitative estimate of drug-likeness (QED) is 0.882. The van der Waals surface area contributed by atoms with Gasteiger partial charge >= 0.3 is 0 Å². The second-order valence-corrected chi connectivity index (χ2v) is 6.25. The van der Waals surface area contributed by atoms with Crippen LogP contribution in [0.3, 0.4) is 0 Å². The number of nitrogens with one attached hydrogen (secondary N) is 1. The van der Waals surface area contributed by atoms with Crippen LogP contribution in [0.25, 0.3) is 0 Å². The summed E-state index contributed by atoms with van der Waals surface area (Å²) in [6.07, 6.45) is 0.0681. The Labute approximate surface area is 136 Å². The predicted octanol–water partition coefficient (Wildman–Crippen LogP) is 3.73. The molecule has 23 heavy (non-hydrogen) atoms. The summed E-state index contributed by atoms with van der Waals surface area (Å²) < 4.78 is 18.4. The second-order valence-electron chi connectivity index (χ2n) is 6.25. The number of ether oxygens (including phenoxy) is 1. The van der Waals surface area contributed by atoms with Crippen LogP contribution in [0.4, 0.5) is 4.39 Å². The van der Waals surface area contributed by atoms with Crippen LogP contribution in [0.5, 0.6) is 5.75 Å². The highest BCUT2D eigenvalue weighted by Gasteiger charge is 2.24. The lowest BCUT2D eigenvalue weighted by atomic mass is 9.94. The summed E-state index contributed by atoms with van der Waals surface area (Å²) in [6, 6.07) is 15.6. The minimum Gasteiger partial charge on any atom is -0.481 e. The average molecular weight is 315 g/mol. The molecule has 2 aromatic rings. The minimum absolute atomic E-state index is 0.199. The molecule has 0 fully saturated rings. The molecule has 0 unspecified atom stereocenters. The van der Waals surface area contributed by atoms with Crippen LogP contribution in [-0.4, -0.2) is 17.6 Å². The van der Waals surface area contributed by atoms with Crippen LogP contribution >= 0.6 is 0 Å². The molecule has 0 bridgehead atoms. The molecule has 3 nitrogen and oxygen atoms in total. The Morgan fingerprint density at radius 2 is 1.74 bits per heavy atom. The number of carbonyl (C=O) groups is 1. The van der Waals surface area contributed by atoms with E-state index in [2.05, 4.69) is 5.32 Å². The van der Waals surface area contributed by atoms with Crippen molar-refractivity contribution in [3.63, 3.8) is 0 Å². The lowest BCUT2D eigenvalue weighted by Crippen LogP contribution is -2.49. The van der Waals surface area contributed by atoms with Gasteiger partial charge in [0.1, 0.15) is 11.6 Å². The zero-order valence-corrected chi connectivity index (χ0v) is 13.7. The number of benzene rings is 2. The molecule has 0 saturated heterocycles. The molecule has 0 aliphatic carbocycles. The van der Waals surface area contributed by atoms with Crippen LogP contribution in [0.1, 0.15) is 26.3 Å². The standard InChI is InChI=1S/C19H22FNO2/c1-14(23-17-11-9-16(20)10-12-17)18(22)21-19(2,3)13-15-7-5-4-6-8-15/h4-12,14H,13H2,1-3H3,(H,21,22)/t14-/m0/s1. The first kappa shape index (κ1) is 17.0. The number of hydrogen-bond acceptors (Lipinski definition) is 2. The van der Waals surface area contributed by atoms with Gasteiger partial charge in [-0.15, -0.1) is 0 Å². The number of rotatable bonds is 6. The Morgan fingerprint density at radius 3 is 2.35 bits per heavy atom. The smallest absolute Gasteiger partial charge is 0.261 e. The molecule has 122 valence electrons. The molecular weight excluding hydrogens is 293 g/mol. The first-order valence-corrected chi connectivity index (χ1v) is 7.64. The molecule has 4 heteroatoms. The molecule has 0 aromatic heterocycles. The van der Waals surface area contributed by atoms with E-state index < -0.39 is 11.6 Å². The van der Waals surface area contributed by atoms with E-state index >= 15 is 0 Å². The fourth-order valence-corrected chi connectivity index (χ4v) is 2.36. The third kappa shape index (κ3) is 5.40. The minimum atomic E-state index is -0.657. The zero-order valence-electron chi connectivity index (χ0n) is 13.7. The van der Waals surface area contributed by atoms with E-state index in [4.69, 9.17) is 4.74 Å². The Kier molecular flexibility index (Phi) is 5.37. The molecule has 0 aliphatic heterocycles. The summed E-state index contributed by atoms with van der Waals surface area (Å²) >= 11 is 0. The first-order valence-electron chi connectivity index (χ1n) is 7.64. The Morgan fingerprint density at radius 1 is 1.13 bits per heavy atom. The maximum Gasteiger partial charge on any atom is 0.261 e. The molecule has 0 heterocycles. The van der Waals surface area contributed by atoms with Crippen molar-refractivity contribution < 1.29 is 13.9 Å². The number of carbonyl (C=O) groups excluding carboxylic acids is 1. The van der Waals surface area contributed by atoms with Gasteiger partial charge < -0.3 is 10.1 Å². The van der Waals surface area contributed by atoms with E-state index in [9.17, 15) is 9.18 Å². The van der Waals surface area contributed by atoms with Crippen LogP contribution in [0.15, 0.2) is 54.6 Å². The Balaban J connectivity index is 1.92. The van der Waals surface area contributed by atoms with E-state index in [0.29, 0.717) is 5.75 Å². The predicted molar refractivity (Wildman–Crippen MR) is 88.9 cm³/mol. The van der Waals surface area contributed by atoms with Crippen LogP contribution < -0.4 is 10.1 Å². The lowest BCUT2D eigenvalue weighted by molar-refractivity contribution is -0.128. The highest BCUT2D eigenvalue weighted by molar-refractivity contribution is 5.81. The van der Waals surface area contributed by atoms with E-state index in [-0.39, 0.29) is 11.7 Å². The molecule has 0 radical (unpaired) electrons. The molecule has 2 aromatic carbocycles. The molecule has 1 N–H and O–H groups in total. The molecule has 1 atom stereocenters. The van der Waals surface area contributed by atoms with Gasteiger partial charge in [0, 0.05) is 5.54 Å². The van der Waals surface area contributed by atoms with E-state index in [1.807, 2.05) is 44.2 Å². The van der Waals surface area contributed by atoms with Gasteiger partial charge in [-0.05, 0) is 57.0 Å². The van der Waals surface area contributed by atoms with Gasteiger partial charge in [0.2, 0.25) is 0 Å². The van der Waals surface area contributed by atoms with Crippen molar-refractivity contribution in [2.45, 2.75) is 38.8 Å². The third-order valence-electron chi connectivity index (χ3n) is 3.45. The summed E-state index contributed by atoms with van der Waals surface area (Å²) in [5, 5.41) is 3.00. The zero-order chi connectivity index (χ0) is 16.9. The summed E-state index contributed by atoms with van der Waals surface area (Å²) in [5.41, 5.74) is 0.767. The van der Waals surface area contributed by atoms with Crippen molar-refractivity contribution >= 4 is 5.91 Å². The Bertz CT molecular complexity index is 638. The van der Waals surface area contributed by atoms with Crippen molar-refractivity contribution in [3.05, 3.63) is 66.0 Å². The maximum atomic E-state index is 12.9. The third-order valence-corrected chi connectivity index (χ3v) is 3.45. The van der Waals surface area contributed by atoms with Crippen LogP contribution in [0, 0.1) is 5.82 Å². The highest BCUT2D eigenvalue weighted by atomic mass is 19.1. The average Bonchev–Trinajstić information content (AvgIpc) is 2.49. The normalized spacial score (nSPS) is 12.5.